The van der Waals surface area contributed by atoms with Crippen LogP contribution in [0.3, 0.4) is 0 Å². The third kappa shape index (κ3) is 3.48. The van der Waals surface area contributed by atoms with Gasteiger partial charge in [-0.1, -0.05) is 31.5 Å². The number of hydrogen-bond donors (Lipinski definition) is 2. The number of aliphatic hydroxyl groups is 1. The zero-order valence-electron chi connectivity index (χ0n) is 10.2. The highest BCUT2D eigenvalue weighted by molar-refractivity contribution is 5.85. The van der Waals surface area contributed by atoms with Gasteiger partial charge in [-0.25, -0.2) is 0 Å². The van der Waals surface area contributed by atoms with Crippen molar-refractivity contribution in [2.24, 2.45) is 5.73 Å². The van der Waals surface area contributed by atoms with Gasteiger partial charge < -0.3 is 10.8 Å². The van der Waals surface area contributed by atoms with Crippen molar-refractivity contribution in [2.75, 3.05) is 0 Å². The van der Waals surface area contributed by atoms with Gasteiger partial charge in [-0.3, -0.25) is 0 Å². The monoisotopic (exact) mass is 243 g/mol. The van der Waals surface area contributed by atoms with Crippen molar-refractivity contribution in [3.8, 4) is 0 Å². The predicted octanol–water partition coefficient (Wildman–Crippen LogP) is 2.89. The second-order valence-corrected chi connectivity index (χ2v) is 4.19. The van der Waals surface area contributed by atoms with Crippen molar-refractivity contribution in [3.63, 3.8) is 0 Å². The molecule has 0 bridgehead atoms. The Morgan fingerprint density at radius 2 is 1.75 bits per heavy atom. The maximum absolute atomic E-state index is 9.90. The molecule has 3 heteroatoms. The maximum Gasteiger partial charge on any atom is 0.0732 e. The minimum absolute atomic E-state index is 0. The SMILES string of the molecule is CCC[C@H](O)[C@H](N)c1c(C)cccc1C.Cl. The summed E-state index contributed by atoms with van der Waals surface area (Å²) in [6, 6.07) is 5.85. The number of nitrogens with two attached hydrogens (primary N) is 1. The van der Waals surface area contributed by atoms with Crippen molar-refractivity contribution < 1.29 is 5.11 Å². The molecule has 0 aromatic heterocycles. The van der Waals surface area contributed by atoms with Gasteiger partial charge in [-0.15, -0.1) is 12.4 Å². The Bertz CT molecular complexity index is 307. The molecule has 0 heterocycles. The van der Waals surface area contributed by atoms with Crippen LogP contribution in [0, 0.1) is 13.8 Å². The molecule has 0 unspecified atom stereocenters. The Morgan fingerprint density at radius 3 is 2.19 bits per heavy atom. The minimum atomic E-state index is -0.435. The van der Waals surface area contributed by atoms with Crippen molar-refractivity contribution >= 4 is 12.4 Å². The molecule has 2 nitrogen and oxygen atoms in total. The molecule has 0 aliphatic carbocycles. The van der Waals surface area contributed by atoms with E-state index in [0.717, 1.165) is 29.5 Å². The molecular weight excluding hydrogens is 222 g/mol. The molecule has 1 aromatic rings. The van der Waals surface area contributed by atoms with Crippen molar-refractivity contribution in [2.45, 2.75) is 45.8 Å². The first-order chi connectivity index (χ1) is 7.07. The molecule has 0 radical (unpaired) electrons. The first-order valence-electron chi connectivity index (χ1n) is 5.57. The van der Waals surface area contributed by atoms with E-state index in [1.807, 2.05) is 32.0 Å². The van der Waals surface area contributed by atoms with Gasteiger partial charge in [-0.2, -0.15) is 0 Å². The van der Waals surface area contributed by atoms with Crippen LogP contribution < -0.4 is 5.73 Å². The Morgan fingerprint density at radius 1 is 1.25 bits per heavy atom. The summed E-state index contributed by atoms with van der Waals surface area (Å²) in [6.07, 6.45) is 1.28. The van der Waals surface area contributed by atoms with Gasteiger partial charge in [0.05, 0.1) is 12.1 Å². The molecule has 1 aromatic carbocycles. The van der Waals surface area contributed by atoms with Gasteiger partial charge in [0.25, 0.3) is 0 Å². The van der Waals surface area contributed by atoms with Crippen LogP contribution in [0.1, 0.15) is 42.5 Å². The number of aryl methyl sites for hydroxylation is 2. The number of benzene rings is 1. The molecule has 0 amide bonds. The van der Waals surface area contributed by atoms with Crippen LogP contribution in [-0.4, -0.2) is 11.2 Å². The van der Waals surface area contributed by atoms with Crippen LogP contribution in [0.25, 0.3) is 0 Å². The fourth-order valence-corrected chi connectivity index (χ4v) is 2.02. The second kappa shape index (κ2) is 6.89. The van der Waals surface area contributed by atoms with E-state index in [1.165, 1.54) is 0 Å². The molecule has 0 spiro atoms. The zero-order chi connectivity index (χ0) is 11.4. The highest BCUT2D eigenvalue weighted by atomic mass is 35.5. The lowest BCUT2D eigenvalue weighted by molar-refractivity contribution is 0.134. The molecule has 1 rings (SSSR count). The van der Waals surface area contributed by atoms with Gasteiger partial charge in [0, 0.05) is 0 Å². The molecule has 0 saturated carbocycles. The number of aliphatic hydroxyl groups excluding tert-OH is 1. The van der Waals surface area contributed by atoms with E-state index in [2.05, 4.69) is 6.92 Å². The van der Waals surface area contributed by atoms with Gasteiger partial charge >= 0.3 is 0 Å². The first-order valence-corrected chi connectivity index (χ1v) is 5.57. The van der Waals surface area contributed by atoms with E-state index >= 15 is 0 Å². The topological polar surface area (TPSA) is 46.2 Å². The Hall–Kier alpha value is -0.570. The van der Waals surface area contributed by atoms with Crippen molar-refractivity contribution in [1.82, 2.24) is 0 Å². The van der Waals surface area contributed by atoms with Crippen LogP contribution in [0.15, 0.2) is 18.2 Å². The van der Waals surface area contributed by atoms with Crippen molar-refractivity contribution in [3.05, 3.63) is 34.9 Å². The lowest BCUT2D eigenvalue weighted by atomic mass is 9.92. The number of halogens is 1. The third-order valence-electron chi connectivity index (χ3n) is 2.87. The summed E-state index contributed by atoms with van der Waals surface area (Å²) in [7, 11) is 0. The first kappa shape index (κ1) is 15.4. The van der Waals surface area contributed by atoms with Crippen LogP contribution in [0.4, 0.5) is 0 Å². The third-order valence-corrected chi connectivity index (χ3v) is 2.87. The van der Waals surface area contributed by atoms with Crippen molar-refractivity contribution in [1.29, 1.82) is 0 Å². The average Bonchev–Trinajstić information content (AvgIpc) is 2.17. The Kier molecular flexibility index (Phi) is 6.65. The highest BCUT2D eigenvalue weighted by Crippen LogP contribution is 2.24. The summed E-state index contributed by atoms with van der Waals surface area (Å²) in [5.41, 5.74) is 9.50. The Balaban J connectivity index is 0.00000225. The molecule has 92 valence electrons. The molecule has 3 N–H and O–H groups in total. The lowest BCUT2D eigenvalue weighted by Crippen LogP contribution is -2.27. The maximum atomic E-state index is 9.90. The predicted molar refractivity (Wildman–Crippen MR) is 71.0 cm³/mol. The summed E-state index contributed by atoms with van der Waals surface area (Å²) >= 11 is 0. The highest BCUT2D eigenvalue weighted by Gasteiger charge is 2.19. The van der Waals surface area contributed by atoms with E-state index < -0.39 is 6.10 Å². The normalized spacial score (nSPS) is 14.1. The fourth-order valence-electron chi connectivity index (χ4n) is 2.02. The van der Waals surface area contributed by atoms with Crippen LogP contribution in [0.2, 0.25) is 0 Å². The second-order valence-electron chi connectivity index (χ2n) is 4.19. The van der Waals surface area contributed by atoms with Gasteiger partial charge in [0.2, 0.25) is 0 Å². The van der Waals surface area contributed by atoms with E-state index in [9.17, 15) is 5.11 Å². The van der Waals surface area contributed by atoms with Crippen LogP contribution in [-0.2, 0) is 0 Å². The average molecular weight is 244 g/mol. The molecule has 2 atom stereocenters. The van der Waals surface area contributed by atoms with E-state index in [0.29, 0.717) is 0 Å². The zero-order valence-corrected chi connectivity index (χ0v) is 11.1. The standard InChI is InChI=1S/C13H21NO.ClH/c1-4-6-11(15)13(14)12-9(2)7-5-8-10(12)3;/h5,7-8,11,13,15H,4,6,14H2,1-3H3;1H/t11-,13-;/m0./s1. The van der Waals surface area contributed by atoms with Crippen LogP contribution in [0.5, 0.6) is 0 Å². The summed E-state index contributed by atoms with van der Waals surface area (Å²) in [5, 5.41) is 9.90. The fraction of sp³-hybridized carbons (Fsp3) is 0.538. The molecule has 0 saturated heterocycles. The van der Waals surface area contributed by atoms with E-state index in [1.54, 1.807) is 0 Å². The quantitative estimate of drug-likeness (QED) is 0.854. The van der Waals surface area contributed by atoms with Gasteiger partial charge in [0.15, 0.2) is 0 Å². The van der Waals surface area contributed by atoms with Gasteiger partial charge in [-0.05, 0) is 37.0 Å². The molecule has 0 fully saturated rings. The van der Waals surface area contributed by atoms with Crippen LogP contribution >= 0.6 is 12.4 Å². The number of hydrogen-bond acceptors (Lipinski definition) is 2. The molecular formula is C13H22ClNO. The van der Waals surface area contributed by atoms with E-state index in [4.69, 9.17) is 5.73 Å². The minimum Gasteiger partial charge on any atom is -0.391 e. The Labute approximate surface area is 104 Å². The lowest BCUT2D eigenvalue weighted by Gasteiger charge is -2.22. The summed E-state index contributed by atoms with van der Waals surface area (Å²) < 4.78 is 0. The van der Waals surface area contributed by atoms with E-state index in [-0.39, 0.29) is 18.4 Å². The molecule has 16 heavy (non-hydrogen) atoms. The summed E-state index contributed by atoms with van der Waals surface area (Å²) in [4.78, 5) is 0. The largest absolute Gasteiger partial charge is 0.391 e. The summed E-state index contributed by atoms with van der Waals surface area (Å²) in [5.74, 6) is 0. The smallest absolute Gasteiger partial charge is 0.0732 e. The number of rotatable bonds is 4. The molecule has 0 aliphatic rings. The summed E-state index contributed by atoms with van der Waals surface area (Å²) in [6.45, 7) is 6.14. The molecule has 0 aliphatic heterocycles. The van der Waals surface area contributed by atoms with Gasteiger partial charge in [0.1, 0.15) is 0 Å².